The Kier molecular flexibility index (Phi) is 6.04. The normalized spacial score (nSPS) is 23.0. The predicted molar refractivity (Wildman–Crippen MR) is 109 cm³/mol. The van der Waals surface area contributed by atoms with E-state index in [-0.39, 0.29) is 17.7 Å². The molecule has 0 saturated carbocycles. The number of carbonyl (C=O) groups excluding carboxylic acids is 2. The first-order chi connectivity index (χ1) is 14.1. The minimum atomic E-state index is -0.452. The van der Waals surface area contributed by atoms with Gasteiger partial charge >= 0.3 is 0 Å². The maximum atomic E-state index is 12.6. The van der Waals surface area contributed by atoms with Crippen LogP contribution in [0.1, 0.15) is 35.1 Å². The topological polar surface area (TPSA) is 69.6 Å². The summed E-state index contributed by atoms with van der Waals surface area (Å²) in [4.78, 5) is 25.2. The smallest absolute Gasteiger partial charge is 0.235 e. The molecule has 0 spiro atoms. The van der Waals surface area contributed by atoms with Gasteiger partial charge in [0.2, 0.25) is 11.8 Å². The predicted octanol–water partition coefficient (Wildman–Crippen LogP) is 2.89. The lowest BCUT2D eigenvalue weighted by molar-refractivity contribution is -0.126. The number of rotatable bonds is 8. The zero-order chi connectivity index (χ0) is 20.4. The number of benzene rings is 1. The molecule has 4 rings (SSSR count). The van der Waals surface area contributed by atoms with Crippen LogP contribution in [0.2, 0.25) is 5.02 Å². The Morgan fingerprint density at radius 1 is 1.10 bits per heavy atom. The summed E-state index contributed by atoms with van der Waals surface area (Å²) in [7, 11) is 1.65. The van der Waals surface area contributed by atoms with Crippen molar-refractivity contribution in [3.63, 3.8) is 0 Å². The van der Waals surface area contributed by atoms with Crippen molar-refractivity contribution < 1.29 is 19.1 Å². The standard InChI is InChI=1S/C22H25ClN2O4/c1-28-11-12-29-10-4-8-25-9-7-15-18(25)13-16(14-5-2-3-6-17(14)23)20-19(15)21(26)24-22(20)27/h2-3,5-7,9,16,19-20H,4,8,10-13H2,1H3,(H,24,26,27). The molecule has 1 N–H and O–H groups in total. The summed E-state index contributed by atoms with van der Waals surface area (Å²) in [6.07, 6.45) is 3.56. The zero-order valence-corrected chi connectivity index (χ0v) is 17.2. The molecule has 3 atom stereocenters. The Bertz CT molecular complexity index is 910. The van der Waals surface area contributed by atoms with E-state index in [0.717, 1.165) is 29.8 Å². The lowest BCUT2D eigenvalue weighted by Crippen LogP contribution is -2.31. The van der Waals surface area contributed by atoms with E-state index in [1.165, 1.54) is 0 Å². The number of aromatic nitrogens is 1. The number of halogens is 1. The lowest BCUT2D eigenvalue weighted by Gasteiger charge is -2.32. The van der Waals surface area contributed by atoms with E-state index >= 15 is 0 Å². The second kappa shape index (κ2) is 8.69. The van der Waals surface area contributed by atoms with Crippen LogP contribution in [0, 0.1) is 5.92 Å². The van der Waals surface area contributed by atoms with Crippen LogP contribution in [0.5, 0.6) is 0 Å². The first-order valence-corrected chi connectivity index (χ1v) is 10.3. The Labute approximate surface area is 175 Å². The van der Waals surface area contributed by atoms with Crippen molar-refractivity contribution >= 4 is 23.4 Å². The minimum Gasteiger partial charge on any atom is -0.382 e. The van der Waals surface area contributed by atoms with Gasteiger partial charge in [-0.1, -0.05) is 29.8 Å². The molecule has 2 aromatic rings. The van der Waals surface area contributed by atoms with Gasteiger partial charge in [-0.15, -0.1) is 0 Å². The van der Waals surface area contributed by atoms with Gasteiger partial charge in [0.1, 0.15) is 0 Å². The number of nitrogens with zero attached hydrogens (tertiary/aromatic N) is 1. The number of hydrogen-bond acceptors (Lipinski definition) is 4. The van der Waals surface area contributed by atoms with E-state index in [1.807, 2.05) is 36.5 Å². The van der Waals surface area contributed by atoms with Crippen molar-refractivity contribution in [2.24, 2.45) is 5.92 Å². The monoisotopic (exact) mass is 416 g/mol. The number of amides is 2. The van der Waals surface area contributed by atoms with Crippen molar-refractivity contribution in [1.82, 2.24) is 9.88 Å². The first-order valence-electron chi connectivity index (χ1n) is 9.95. The molecule has 1 aliphatic carbocycles. The van der Waals surface area contributed by atoms with Crippen LogP contribution in [0.25, 0.3) is 0 Å². The molecule has 1 fully saturated rings. The summed E-state index contributed by atoms with van der Waals surface area (Å²) in [5.41, 5.74) is 3.00. The van der Waals surface area contributed by atoms with Gasteiger partial charge < -0.3 is 14.0 Å². The molecule has 2 amide bonds. The highest BCUT2D eigenvalue weighted by atomic mass is 35.5. The maximum Gasteiger partial charge on any atom is 0.235 e. The van der Waals surface area contributed by atoms with Crippen LogP contribution in [-0.4, -0.2) is 43.3 Å². The molecule has 0 radical (unpaired) electrons. The van der Waals surface area contributed by atoms with Crippen molar-refractivity contribution in [2.45, 2.75) is 31.2 Å². The van der Waals surface area contributed by atoms with Gasteiger partial charge in [0.05, 0.1) is 25.0 Å². The lowest BCUT2D eigenvalue weighted by atomic mass is 9.69. The van der Waals surface area contributed by atoms with Gasteiger partial charge in [0, 0.05) is 43.1 Å². The summed E-state index contributed by atoms with van der Waals surface area (Å²) in [6, 6.07) is 9.59. The molecule has 1 saturated heterocycles. The Morgan fingerprint density at radius 2 is 1.93 bits per heavy atom. The zero-order valence-electron chi connectivity index (χ0n) is 16.4. The average molecular weight is 417 g/mol. The minimum absolute atomic E-state index is 0.126. The van der Waals surface area contributed by atoms with Crippen LogP contribution < -0.4 is 5.32 Å². The highest BCUT2D eigenvalue weighted by Gasteiger charge is 2.51. The Balaban J connectivity index is 1.59. The van der Waals surface area contributed by atoms with E-state index in [4.69, 9.17) is 21.1 Å². The molecular formula is C22H25ClN2O4. The van der Waals surface area contributed by atoms with Crippen molar-refractivity contribution in [1.29, 1.82) is 0 Å². The van der Waals surface area contributed by atoms with E-state index < -0.39 is 11.8 Å². The molecule has 3 unspecified atom stereocenters. The molecule has 7 heteroatoms. The molecule has 2 aliphatic rings. The molecule has 0 bridgehead atoms. The molecule has 1 aromatic carbocycles. The summed E-state index contributed by atoms with van der Waals surface area (Å²) in [5, 5.41) is 3.17. The molecule has 1 aromatic heterocycles. The highest BCUT2D eigenvalue weighted by molar-refractivity contribution is 6.31. The Hall–Kier alpha value is -2.15. The van der Waals surface area contributed by atoms with Gasteiger partial charge in [0.25, 0.3) is 0 Å². The number of imide groups is 1. The third kappa shape index (κ3) is 3.84. The van der Waals surface area contributed by atoms with Gasteiger partial charge in [-0.3, -0.25) is 14.9 Å². The summed E-state index contributed by atoms with van der Waals surface area (Å²) in [5.74, 6) is -1.40. The number of carbonyl (C=O) groups is 2. The summed E-state index contributed by atoms with van der Waals surface area (Å²) < 4.78 is 12.7. The van der Waals surface area contributed by atoms with Gasteiger partial charge in [-0.25, -0.2) is 0 Å². The maximum absolute atomic E-state index is 12.6. The quantitative estimate of drug-likeness (QED) is 0.530. The largest absolute Gasteiger partial charge is 0.382 e. The van der Waals surface area contributed by atoms with Crippen LogP contribution in [0.3, 0.4) is 0 Å². The number of nitrogens with one attached hydrogen (secondary N) is 1. The fourth-order valence-electron chi connectivity index (χ4n) is 4.59. The van der Waals surface area contributed by atoms with Gasteiger partial charge in [0.15, 0.2) is 0 Å². The van der Waals surface area contributed by atoms with E-state index in [2.05, 4.69) is 9.88 Å². The molecule has 6 nitrogen and oxygen atoms in total. The molecular weight excluding hydrogens is 392 g/mol. The highest BCUT2D eigenvalue weighted by Crippen LogP contribution is 2.48. The molecule has 154 valence electrons. The number of methoxy groups -OCH3 is 1. The van der Waals surface area contributed by atoms with Crippen molar-refractivity contribution in [2.75, 3.05) is 26.9 Å². The first kappa shape index (κ1) is 20.1. The summed E-state index contributed by atoms with van der Waals surface area (Å²) >= 11 is 6.47. The molecule has 1 aliphatic heterocycles. The number of hydrogen-bond donors (Lipinski definition) is 1. The van der Waals surface area contributed by atoms with Gasteiger partial charge in [-0.05, 0) is 36.1 Å². The fraction of sp³-hybridized carbons (Fsp3) is 0.455. The number of aryl methyl sites for hydroxylation is 1. The van der Waals surface area contributed by atoms with E-state index in [0.29, 0.717) is 31.3 Å². The fourth-order valence-corrected chi connectivity index (χ4v) is 4.87. The second-order valence-corrected chi connectivity index (χ2v) is 7.97. The van der Waals surface area contributed by atoms with Crippen molar-refractivity contribution in [3.8, 4) is 0 Å². The van der Waals surface area contributed by atoms with Crippen molar-refractivity contribution in [3.05, 3.63) is 58.4 Å². The average Bonchev–Trinajstić information content (AvgIpc) is 3.25. The van der Waals surface area contributed by atoms with Crippen LogP contribution >= 0.6 is 11.6 Å². The van der Waals surface area contributed by atoms with Crippen LogP contribution in [0.4, 0.5) is 0 Å². The molecule has 29 heavy (non-hydrogen) atoms. The SMILES string of the molecule is COCCOCCCn1ccc2c1CC(c1ccccc1Cl)C1C(=O)NC(=O)C21. The van der Waals surface area contributed by atoms with Crippen LogP contribution in [0.15, 0.2) is 36.5 Å². The van der Waals surface area contributed by atoms with E-state index in [1.54, 1.807) is 7.11 Å². The third-order valence-electron chi connectivity index (χ3n) is 5.91. The van der Waals surface area contributed by atoms with Crippen LogP contribution in [-0.2, 0) is 32.0 Å². The van der Waals surface area contributed by atoms with Gasteiger partial charge in [-0.2, -0.15) is 0 Å². The Morgan fingerprint density at radius 3 is 2.72 bits per heavy atom. The number of ether oxygens (including phenoxy) is 2. The summed E-state index contributed by atoms with van der Waals surface area (Å²) in [6.45, 7) is 2.62. The van der Waals surface area contributed by atoms with E-state index in [9.17, 15) is 9.59 Å². The number of fused-ring (bicyclic) bond motifs is 3. The second-order valence-electron chi connectivity index (χ2n) is 7.56. The molecule has 2 heterocycles. The third-order valence-corrected chi connectivity index (χ3v) is 6.25.